The van der Waals surface area contributed by atoms with Gasteiger partial charge < -0.3 is 10.1 Å². The van der Waals surface area contributed by atoms with Crippen molar-refractivity contribution in [2.24, 2.45) is 0 Å². The molecule has 0 saturated carbocycles. The van der Waals surface area contributed by atoms with Crippen molar-refractivity contribution in [2.75, 3.05) is 6.54 Å². The zero-order valence-electron chi connectivity index (χ0n) is 10.9. The second kappa shape index (κ2) is 4.51. The molecule has 0 bridgehead atoms. The van der Waals surface area contributed by atoms with Crippen LogP contribution in [0.5, 0.6) is 5.75 Å². The van der Waals surface area contributed by atoms with Gasteiger partial charge in [-0.1, -0.05) is 18.5 Å². The molecule has 0 amide bonds. The molecular formula is C14H20ClNO. The van der Waals surface area contributed by atoms with Crippen molar-refractivity contribution in [1.29, 1.82) is 0 Å². The molecule has 1 atom stereocenters. The van der Waals surface area contributed by atoms with Crippen molar-refractivity contribution in [2.45, 2.75) is 45.8 Å². The van der Waals surface area contributed by atoms with Gasteiger partial charge in [0.15, 0.2) is 0 Å². The fourth-order valence-corrected chi connectivity index (χ4v) is 2.57. The Bertz CT molecular complexity index is 428. The van der Waals surface area contributed by atoms with E-state index in [0.717, 1.165) is 29.3 Å². The van der Waals surface area contributed by atoms with Crippen molar-refractivity contribution in [1.82, 2.24) is 5.32 Å². The summed E-state index contributed by atoms with van der Waals surface area (Å²) in [6.07, 6.45) is 0.966. The first-order valence-corrected chi connectivity index (χ1v) is 6.53. The average molecular weight is 254 g/mol. The number of aryl methyl sites for hydroxylation is 1. The average Bonchev–Trinajstić information content (AvgIpc) is 2.20. The molecule has 2 rings (SSSR count). The number of nitrogens with one attached hydrogen (secondary N) is 1. The van der Waals surface area contributed by atoms with Gasteiger partial charge in [-0.3, -0.25) is 0 Å². The third-order valence-electron chi connectivity index (χ3n) is 3.20. The van der Waals surface area contributed by atoms with E-state index >= 15 is 0 Å². The van der Waals surface area contributed by atoms with Crippen molar-refractivity contribution in [3.63, 3.8) is 0 Å². The molecule has 0 radical (unpaired) electrons. The molecule has 0 spiro atoms. The predicted molar refractivity (Wildman–Crippen MR) is 71.9 cm³/mol. The molecule has 1 heterocycles. The molecule has 1 N–H and O–H groups in total. The van der Waals surface area contributed by atoms with Crippen LogP contribution in [0.4, 0.5) is 0 Å². The lowest BCUT2D eigenvalue weighted by Crippen LogP contribution is -2.39. The van der Waals surface area contributed by atoms with Crippen molar-refractivity contribution >= 4 is 11.6 Å². The third-order valence-corrected chi connectivity index (χ3v) is 3.61. The van der Waals surface area contributed by atoms with Gasteiger partial charge in [-0.05, 0) is 45.0 Å². The lowest BCUT2D eigenvalue weighted by molar-refractivity contribution is 0.0664. The summed E-state index contributed by atoms with van der Waals surface area (Å²) in [6, 6.07) is 4.41. The highest BCUT2D eigenvalue weighted by Gasteiger charge is 2.33. The normalized spacial score (nSPS) is 21.8. The van der Waals surface area contributed by atoms with Crippen LogP contribution < -0.4 is 10.1 Å². The summed E-state index contributed by atoms with van der Waals surface area (Å²) in [4.78, 5) is 0. The smallest absolute Gasteiger partial charge is 0.125 e. The monoisotopic (exact) mass is 253 g/mol. The lowest BCUT2D eigenvalue weighted by Gasteiger charge is -2.38. The maximum atomic E-state index is 6.20. The SMILES string of the molecule is CCNC1CC(C)(C)Oc2cc(C)c(Cl)cc21. The Morgan fingerprint density at radius 2 is 2.18 bits per heavy atom. The van der Waals surface area contributed by atoms with E-state index in [1.54, 1.807) is 0 Å². The Kier molecular flexibility index (Phi) is 3.37. The van der Waals surface area contributed by atoms with Gasteiger partial charge in [0, 0.05) is 23.0 Å². The summed E-state index contributed by atoms with van der Waals surface area (Å²) in [5, 5.41) is 4.32. The van der Waals surface area contributed by atoms with Crippen LogP contribution in [0, 0.1) is 6.92 Å². The zero-order valence-corrected chi connectivity index (χ0v) is 11.7. The van der Waals surface area contributed by atoms with E-state index in [2.05, 4.69) is 26.1 Å². The van der Waals surface area contributed by atoms with Crippen LogP contribution in [-0.2, 0) is 0 Å². The van der Waals surface area contributed by atoms with Gasteiger partial charge in [-0.25, -0.2) is 0 Å². The van der Waals surface area contributed by atoms with Gasteiger partial charge in [0.1, 0.15) is 11.4 Å². The molecule has 17 heavy (non-hydrogen) atoms. The van der Waals surface area contributed by atoms with Crippen molar-refractivity contribution < 1.29 is 4.74 Å². The van der Waals surface area contributed by atoms with Gasteiger partial charge >= 0.3 is 0 Å². The van der Waals surface area contributed by atoms with Crippen molar-refractivity contribution in [3.8, 4) is 5.75 Å². The molecule has 1 unspecified atom stereocenters. The van der Waals surface area contributed by atoms with Crippen LogP contribution in [0.15, 0.2) is 12.1 Å². The minimum Gasteiger partial charge on any atom is -0.487 e. The number of fused-ring (bicyclic) bond motifs is 1. The summed E-state index contributed by atoms with van der Waals surface area (Å²) in [7, 11) is 0. The first kappa shape index (κ1) is 12.7. The molecule has 0 aromatic heterocycles. The second-order valence-electron chi connectivity index (χ2n) is 5.32. The molecule has 1 aromatic carbocycles. The molecule has 94 valence electrons. The molecule has 3 heteroatoms. The fourth-order valence-electron chi connectivity index (χ4n) is 2.40. The van der Waals surface area contributed by atoms with E-state index in [-0.39, 0.29) is 5.60 Å². The maximum absolute atomic E-state index is 6.20. The molecule has 1 aromatic rings. The van der Waals surface area contributed by atoms with Gasteiger partial charge in [-0.2, -0.15) is 0 Å². The van der Waals surface area contributed by atoms with Gasteiger partial charge in [-0.15, -0.1) is 0 Å². The topological polar surface area (TPSA) is 21.3 Å². The largest absolute Gasteiger partial charge is 0.487 e. The quantitative estimate of drug-likeness (QED) is 0.864. The molecular weight excluding hydrogens is 234 g/mol. The third kappa shape index (κ3) is 2.58. The number of ether oxygens (including phenoxy) is 1. The number of halogens is 1. The highest BCUT2D eigenvalue weighted by molar-refractivity contribution is 6.31. The van der Waals surface area contributed by atoms with E-state index in [1.165, 1.54) is 5.56 Å². The molecule has 0 fully saturated rings. The lowest BCUT2D eigenvalue weighted by atomic mass is 9.89. The molecule has 1 aliphatic rings. The Balaban J connectivity index is 2.45. The van der Waals surface area contributed by atoms with Crippen LogP contribution >= 0.6 is 11.6 Å². The fraction of sp³-hybridized carbons (Fsp3) is 0.571. The summed E-state index contributed by atoms with van der Waals surface area (Å²) >= 11 is 6.20. The summed E-state index contributed by atoms with van der Waals surface area (Å²) < 4.78 is 6.03. The standard InChI is InChI=1S/C14H20ClNO/c1-5-16-12-8-14(3,4)17-13-6-9(2)11(15)7-10(12)13/h6-7,12,16H,5,8H2,1-4H3. The number of hydrogen-bond acceptors (Lipinski definition) is 2. The first-order valence-electron chi connectivity index (χ1n) is 6.15. The van der Waals surface area contributed by atoms with E-state index in [1.807, 2.05) is 19.1 Å². The van der Waals surface area contributed by atoms with Crippen molar-refractivity contribution in [3.05, 3.63) is 28.3 Å². The van der Waals surface area contributed by atoms with Gasteiger partial charge in [0.2, 0.25) is 0 Å². The molecule has 1 aliphatic heterocycles. The molecule has 0 saturated heterocycles. The number of benzene rings is 1. The van der Waals surface area contributed by atoms with Crippen LogP contribution in [-0.4, -0.2) is 12.1 Å². The van der Waals surface area contributed by atoms with E-state index in [4.69, 9.17) is 16.3 Å². The van der Waals surface area contributed by atoms with Gasteiger partial charge in [0.05, 0.1) is 0 Å². The van der Waals surface area contributed by atoms with Gasteiger partial charge in [0.25, 0.3) is 0 Å². The van der Waals surface area contributed by atoms with E-state index in [9.17, 15) is 0 Å². The highest BCUT2D eigenvalue weighted by atomic mass is 35.5. The minimum atomic E-state index is -0.125. The summed E-state index contributed by atoms with van der Waals surface area (Å²) in [6.45, 7) is 9.34. The van der Waals surface area contributed by atoms with E-state index < -0.39 is 0 Å². The van der Waals surface area contributed by atoms with E-state index in [0.29, 0.717) is 6.04 Å². The number of hydrogen-bond donors (Lipinski definition) is 1. The van der Waals surface area contributed by atoms with Crippen LogP contribution in [0.1, 0.15) is 44.4 Å². The highest BCUT2D eigenvalue weighted by Crippen LogP contribution is 2.41. The zero-order chi connectivity index (χ0) is 12.6. The Labute approximate surface area is 108 Å². The maximum Gasteiger partial charge on any atom is 0.125 e. The Morgan fingerprint density at radius 3 is 2.82 bits per heavy atom. The van der Waals surface area contributed by atoms with Crippen LogP contribution in [0.25, 0.3) is 0 Å². The first-order chi connectivity index (χ1) is 7.93. The summed E-state index contributed by atoms with van der Waals surface area (Å²) in [5.74, 6) is 0.967. The van der Waals surface area contributed by atoms with Crippen LogP contribution in [0.3, 0.4) is 0 Å². The minimum absolute atomic E-state index is 0.125. The Hall–Kier alpha value is -0.730. The molecule has 0 aliphatic carbocycles. The number of rotatable bonds is 2. The second-order valence-corrected chi connectivity index (χ2v) is 5.72. The molecule has 2 nitrogen and oxygen atoms in total. The Morgan fingerprint density at radius 1 is 1.47 bits per heavy atom. The van der Waals surface area contributed by atoms with Crippen LogP contribution in [0.2, 0.25) is 5.02 Å². The summed E-state index contributed by atoms with van der Waals surface area (Å²) in [5.41, 5.74) is 2.13. The predicted octanol–water partition coefficient (Wildman–Crippen LogP) is 3.86.